The Bertz CT molecular complexity index is 949. The van der Waals surface area contributed by atoms with Gasteiger partial charge in [0.25, 0.3) is 11.7 Å². The molecule has 2 rings (SSSR count). The molecule has 0 aliphatic heterocycles. The predicted molar refractivity (Wildman–Crippen MR) is 109 cm³/mol. The van der Waals surface area contributed by atoms with E-state index in [0.29, 0.717) is 22.8 Å². The molecule has 2 N–H and O–H groups in total. The van der Waals surface area contributed by atoms with Gasteiger partial charge in [0, 0.05) is 36.5 Å². The molecule has 0 fully saturated rings. The maximum atomic E-state index is 13.0. The molecule has 0 aliphatic carbocycles. The second-order valence-corrected chi connectivity index (χ2v) is 6.44. The Balaban J connectivity index is 2.74. The summed E-state index contributed by atoms with van der Waals surface area (Å²) in [4.78, 5) is 42.2. The molecule has 0 bridgehead atoms. The van der Waals surface area contributed by atoms with Crippen LogP contribution in [0.2, 0.25) is 0 Å². The first kappa shape index (κ1) is 23.0. The molecular weight excluding hydrogens is 392 g/mol. The fourth-order valence-electron chi connectivity index (χ4n) is 3.06. The Morgan fingerprint density at radius 1 is 1.17 bits per heavy atom. The van der Waals surface area contributed by atoms with Crippen molar-refractivity contribution in [1.82, 2.24) is 9.88 Å². The summed E-state index contributed by atoms with van der Waals surface area (Å²) in [6, 6.07) is 4.91. The zero-order chi connectivity index (χ0) is 22.4. The van der Waals surface area contributed by atoms with Crippen LogP contribution in [-0.4, -0.2) is 73.7 Å². The molecule has 0 radical (unpaired) electrons. The van der Waals surface area contributed by atoms with E-state index in [4.69, 9.17) is 19.3 Å². The van der Waals surface area contributed by atoms with Gasteiger partial charge in [-0.2, -0.15) is 0 Å². The molecular formula is C21H26N2O7. The monoisotopic (exact) mass is 418 g/mol. The highest BCUT2D eigenvalue weighted by molar-refractivity contribution is 6.43. The van der Waals surface area contributed by atoms with Crippen molar-refractivity contribution in [2.45, 2.75) is 13.8 Å². The lowest BCUT2D eigenvalue weighted by Crippen LogP contribution is -2.35. The number of carbonyl (C=O) groups is 3. The zero-order valence-corrected chi connectivity index (χ0v) is 17.7. The number of methoxy groups -OCH3 is 2. The highest BCUT2D eigenvalue weighted by Gasteiger charge is 2.32. The first-order valence-electron chi connectivity index (χ1n) is 9.33. The number of ether oxygens (including phenoxy) is 3. The van der Waals surface area contributed by atoms with Gasteiger partial charge in [-0.25, -0.2) is 4.79 Å². The van der Waals surface area contributed by atoms with Crippen molar-refractivity contribution in [1.29, 1.82) is 0 Å². The van der Waals surface area contributed by atoms with Gasteiger partial charge < -0.3 is 29.2 Å². The largest absolute Gasteiger partial charge is 0.497 e. The summed E-state index contributed by atoms with van der Waals surface area (Å²) in [5.41, 5.74) is 1.09. The van der Waals surface area contributed by atoms with Gasteiger partial charge in [0.2, 0.25) is 0 Å². The summed E-state index contributed by atoms with van der Waals surface area (Å²) in [5, 5.41) is 9.07. The molecule has 0 saturated heterocycles. The minimum atomic E-state index is -0.850. The highest BCUT2D eigenvalue weighted by Crippen LogP contribution is 2.39. The number of hydrogen-bond acceptors (Lipinski definition) is 7. The molecule has 2 aromatic rings. The van der Waals surface area contributed by atoms with Gasteiger partial charge in [-0.1, -0.05) is 0 Å². The number of H-pyrrole nitrogens is 1. The number of likely N-dealkylation sites (N-methyl/N-ethyl adjacent to an activating group) is 1. The van der Waals surface area contributed by atoms with E-state index in [1.54, 1.807) is 32.0 Å². The number of aliphatic hydroxyl groups excluding tert-OH is 1. The van der Waals surface area contributed by atoms with Crippen LogP contribution in [-0.2, 0) is 9.53 Å². The van der Waals surface area contributed by atoms with Crippen LogP contribution in [0, 0.1) is 6.92 Å². The van der Waals surface area contributed by atoms with E-state index in [2.05, 4.69) is 4.98 Å². The molecule has 162 valence electrons. The Kier molecular flexibility index (Phi) is 7.60. The van der Waals surface area contributed by atoms with E-state index in [0.717, 1.165) is 4.90 Å². The topological polar surface area (TPSA) is 118 Å². The molecule has 1 heterocycles. The van der Waals surface area contributed by atoms with Crippen molar-refractivity contribution in [2.24, 2.45) is 0 Å². The van der Waals surface area contributed by atoms with Crippen molar-refractivity contribution >= 4 is 17.7 Å². The lowest BCUT2D eigenvalue weighted by molar-refractivity contribution is -0.125. The number of aromatic nitrogens is 1. The number of benzene rings is 1. The number of rotatable bonds is 9. The Morgan fingerprint density at radius 3 is 2.43 bits per heavy atom. The number of nitrogens with one attached hydrogen (secondary N) is 1. The van der Waals surface area contributed by atoms with Gasteiger partial charge in [0.05, 0.1) is 33.0 Å². The van der Waals surface area contributed by atoms with Gasteiger partial charge in [0.1, 0.15) is 17.2 Å². The van der Waals surface area contributed by atoms with Crippen LogP contribution >= 0.6 is 0 Å². The smallest absolute Gasteiger partial charge is 0.340 e. The number of Topliss-reactive ketones (excluding diaryl/α,β-unsaturated/α-hetero) is 1. The second-order valence-electron chi connectivity index (χ2n) is 6.44. The van der Waals surface area contributed by atoms with Crippen LogP contribution in [0.5, 0.6) is 11.5 Å². The fourth-order valence-corrected chi connectivity index (χ4v) is 3.06. The molecule has 0 spiro atoms. The Morgan fingerprint density at radius 2 is 1.87 bits per heavy atom. The number of hydrogen-bond donors (Lipinski definition) is 2. The minimum Gasteiger partial charge on any atom is -0.497 e. The van der Waals surface area contributed by atoms with Crippen LogP contribution in [0.1, 0.15) is 33.5 Å². The highest BCUT2D eigenvalue weighted by atomic mass is 16.5. The van der Waals surface area contributed by atoms with Crippen LogP contribution in [0.15, 0.2) is 18.2 Å². The quantitative estimate of drug-likeness (QED) is 0.362. The average Bonchev–Trinajstić information content (AvgIpc) is 3.09. The molecule has 0 saturated carbocycles. The summed E-state index contributed by atoms with van der Waals surface area (Å²) in [6.45, 7) is 3.14. The number of nitrogens with zero attached hydrogens (tertiary/aromatic N) is 1. The number of esters is 1. The summed E-state index contributed by atoms with van der Waals surface area (Å²) in [7, 11) is 4.36. The van der Waals surface area contributed by atoms with E-state index >= 15 is 0 Å². The SMILES string of the molecule is CCOC(=O)c1c(C)[nH]c(C(=O)C(=O)N(C)CCO)c1-c1ccc(OC)cc1OC. The van der Waals surface area contributed by atoms with Gasteiger partial charge in [-0.3, -0.25) is 9.59 Å². The number of aliphatic hydroxyl groups is 1. The van der Waals surface area contributed by atoms with E-state index < -0.39 is 17.7 Å². The normalized spacial score (nSPS) is 10.5. The average molecular weight is 418 g/mol. The first-order valence-corrected chi connectivity index (χ1v) is 9.33. The van der Waals surface area contributed by atoms with E-state index in [1.807, 2.05) is 0 Å². The van der Waals surface area contributed by atoms with Crippen molar-refractivity contribution < 1.29 is 33.7 Å². The van der Waals surface area contributed by atoms with Crippen molar-refractivity contribution in [3.8, 4) is 22.6 Å². The number of ketones is 1. The number of aromatic amines is 1. The van der Waals surface area contributed by atoms with E-state index in [1.165, 1.54) is 21.3 Å². The standard InChI is InChI=1S/C21H26N2O7/c1-6-30-21(27)16-12(2)22-18(19(25)20(26)23(3)9-10-24)17(16)14-8-7-13(28-4)11-15(14)29-5/h7-8,11,22,24H,6,9-10H2,1-5H3. The van der Waals surface area contributed by atoms with E-state index in [-0.39, 0.29) is 36.6 Å². The Hall–Kier alpha value is -3.33. The zero-order valence-electron chi connectivity index (χ0n) is 17.7. The van der Waals surface area contributed by atoms with Crippen LogP contribution in [0.4, 0.5) is 0 Å². The van der Waals surface area contributed by atoms with E-state index in [9.17, 15) is 14.4 Å². The summed E-state index contributed by atoms with van der Waals surface area (Å²) < 4.78 is 15.8. The molecule has 0 unspecified atom stereocenters. The molecule has 1 aromatic heterocycles. The third kappa shape index (κ3) is 4.46. The minimum absolute atomic E-state index is 0.00378. The third-order valence-corrected chi connectivity index (χ3v) is 4.55. The van der Waals surface area contributed by atoms with Crippen molar-refractivity contribution in [3.05, 3.63) is 35.2 Å². The molecule has 9 heteroatoms. The maximum Gasteiger partial charge on any atom is 0.340 e. The lowest BCUT2D eigenvalue weighted by atomic mass is 9.97. The van der Waals surface area contributed by atoms with Gasteiger partial charge >= 0.3 is 5.97 Å². The summed E-state index contributed by atoms with van der Waals surface area (Å²) >= 11 is 0. The maximum absolute atomic E-state index is 13.0. The summed E-state index contributed by atoms with van der Waals surface area (Å²) in [6.07, 6.45) is 0. The van der Waals surface area contributed by atoms with Crippen LogP contribution in [0.3, 0.4) is 0 Å². The Labute approximate surface area is 174 Å². The van der Waals surface area contributed by atoms with Gasteiger partial charge in [0.15, 0.2) is 0 Å². The molecule has 30 heavy (non-hydrogen) atoms. The van der Waals surface area contributed by atoms with Crippen molar-refractivity contribution in [3.63, 3.8) is 0 Å². The lowest BCUT2D eigenvalue weighted by Gasteiger charge is -2.16. The van der Waals surface area contributed by atoms with Gasteiger partial charge in [-0.15, -0.1) is 0 Å². The first-order chi connectivity index (χ1) is 14.3. The van der Waals surface area contributed by atoms with Crippen molar-refractivity contribution in [2.75, 3.05) is 41.0 Å². The molecule has 9 nitrogen and oxygen atoms in total. The number of amides is 1. The molecule has 0 atom stereocenters. The van der Waals surface area contributed by atoms with Gasteiger partial charge in [-0.05, 0) is 26.0 Å². The summed E-state index contributed by atoms with van der Waals surface area (Å²) in [5.74, 6) is -1.43. The molecule has 0 aliphatic rings. The number of aryl methyl sites for hydroxylation is 1. The second kappa shape index (κ2) is 9.93. The third-order valence-electron chi connectivity index (χ3n) is 4.55. The fraction of sp³-hybridized carbons (Fsp3) is 0.381. The predicted octanol–water partition coefficient (Wildman–Crippen LogP) is 1.82. The molecule has 1 amide bonds. The van der Waals surface area contributed by atoms with Crippen LogP contribution in [0.25, 0.3) is 11.1 Å². The number of carbonyl (C=O) groups excluding carboxylic acids is 3. The molecule has 1 aromatic carbocycles. The van der Waals surface area contributed by atoms with Crippen LogP contribution < -0.4 is 9.47 Å².